The van der Waals surface area contributed by atoms with E-state index in [0.717, 1.165) is 16.7 Å². The third-order valence-electron chi connectivity index (χ3n) is 3.90. The highest BCUT2D eigenvalue weighted by molar-refractivity contribution is 5.92. The number of carbonyl (C=O) groups excluding carboxylic acids is 1. The molecule has 0 unspecified atom stereocenters. The maximum absolute atomic E-state index is 12.3. The molecule has 7 heteroatoms. The van der Waals surface area contributed by atoms with Gasteiger partial charge in [-0.1, -0.05) is 41.1 Å². The molecule has 1 amide bonds. The van der Waals surface area contributed by atoms with Gasteiger partial charge in [0.25, 0.3) is 11.8 Å². The largest absolute Gasteiger partial charge is 0.444 e. The summed E-state index contributed by atoms with van der Waals surface area (Å²) < 4.78 is 10.6. The molecule has 1 N–H and O–H groups in total. The first-order valence-electron chi connectivity index (χ1n) is 8.38. The summed E-state index contributed by atoms with van der Waals surface area (Å²) in [6.45, 7) is 2.12. The second kappa shape index (κ2) is 7.25. The normalized spacial score (nSPS) is 10.7. The van der Waals surface area contributed by atoms with Crippen LogP contribution in [-0.2, 0) is 6.54 Å². The van der Waals surface area contributed by atoms with Gasteiger partial charge in [0.1, 0.15) is 6.26 Å². The van der Waals surface area contributed by atoms with Gasteiger partial charge in [-0.3, -0.25) is 4.79 Å². The third kappa shape index (κ3) is 3.77. The van der Waals surface area contributed by atoms with E-state index in [1.165, 1.54) is 6.26 Å². The molecule has 2 aromatic carbocycles. The van der Waals surface area contributed by atoms with Crippen LogP contribution in [0.4, 0.5) is 0 Å². The van der Waals surface area contributed by atoms with E-state index in [2.05, 4.69) is 20.4 Å². The minimum absolute atomic E-state index is 0.127. The van der Waals surface area contributed by atoms with Crippen molar-refractivity contribution in [1.29, 1.82) is 0 Å². The number of benzene rings is 2. The van der Waals surface area contributed by atoms with Gasteiger partial charge in [0.05, 0.1) is 6.54 Å². The molecule has 2 aromatic heterocycles. The number of nitrogens with one attached hydrogen (secondary N) is 1. The molecular weight excluding hydrogens is 344 g/mol. The highest BCUT2D eigenvalue weighted by atomic mass is 16.5. The number of nitrogens with zero attached hydrogens (tertiary/aromatic N) is 3. The molecule has 27 heavy (non-hydrogen) atoms. The summed E-state index contributed by atoms with van der Waals surface area (Å²) >= 11 is 0. The summed E-state index contributed by atoms with van der Waals surface area (Å²) in [6.07, 6.45) is 1.33. The van der Waals surface area contributed by atoms with Crippen LogP contribution in [0.2, 0.25) is 0 Å². The van der Waals surface area contributed by atoms with Gasteiger partial charge < -0.3 is 14.3 Å². The zero-order valence-corrected chi connectivity index (χ0v) is 14.5. The van der Waals surface area contributed by atoms with Gasteiger partial charge in [-0.05, 0) is 31.2 Å². The van der Waals surface area contributed by atoms with Crippen molar-refractivity contribution in [2.45, 2.75) is 13.5 Å². The number of aromatic nitrogens is 3. The van der Waals surface area contributed by atoms with Gasteiger partial charge in [0.15, 0.2) is 11.5 Å². The van der Waals surface area contributed by atoms with E-state index in [9.17, 15) is 4.79 Å². The van der Waals surface area contributed by atoms with Crippen molar-refractivity contribution in [2.75, 3.05) is 0 Å². The van der Waals surface area contributed by atoms with Crippen molar-refractivity contribution < 1.29 is 13.7 Å². The molecule has 0 fully saturated rings. The maximum atomic E-state index is 12.3. The molecule has 0 saturated carbocycles. The SMILES string of the molecule is Cc1cccc(-c2nc(CNC(=O)c3coc(-c4ccccc4)n3)no2)c1. The summed E-state index contributed by atoms with van der Waals surface area (Å²) in [5.74, 6) is 0.812. The zero-order chi connectivity index (χ0) is 18.6. The second-order valence-corrected chi connectivity index (χ2v) is 5.97. The van der Waals surface area contributed by atoms with E-state index in [-0.39, 0.29) is 18.1 Å². The number of oxazole rings is 1. The summed E-state index contributed by atoms with van der Waals surface area (Å²) in [6, 6.07) is 17.1. The molecule has 0 aliphatic carbocycles. The van der Waals surface area contributed by atoms with Crippen LogP contribution in [0.1, 0.15) is 21.9 Å². The highest BCUT2D eigenvalue weighted by Gasteiger charge is 2.15. The van der Waals surface area contributed by atoms with Crippen molar-refractivity contribution in [3.8, 4) is 22.9 Å². The Hall–Kier alpha value is -3.74. The van der Waals surface area contributed by atoms with Gasteiger partial charge in [0, 0.05) is 11.1 Å². The average molecular weight is 360 g/mol. The van der Waals surface area contributed by atoms with Crippen molar-refractivity contribution >= 4 is 5.91 Å². The Bertz CT molecular complexity index is 1070. The van der Waals surface area contributed by atoms with Crippen LogP contribution in [0.15, 0.2) is 69.8 Å². The molecule has 7 nitrogen and oxygen atoms in total. The summed E-state index contributed by atoms with van der Waals surface area (Å²) in [7, 11) is 0. The summed E-state index contributed by atoms with van der Waals surface area (Å²) in [4.78, 5) is 20.8. The van der Waals surface area contributed by atoms with E-state index < -0.39 is 0 Å². The standard InChI is InChI=1S/C20H16N4O3/c1-13-6-5-9-15(10-13)20-23-17(24-27-20)11-21-18(25)16-12-26-19(22-16)14-7-3-2-4-8-14/h2-10,12H,11H2,1H3,(H,21,25). The van der Waals surface area contributed by atoms with Crippen LogP contribution in [0.3, 0.4) is 0 Å². The van der Waals surface area contributed by atoms with E-state index in [1.54, 1.807) is 0 Å². The zero-order valence-electron chi connectivity index (χ0n) is 14.5. The van der Waals surface area contributed by atoms with Gasteiger partial charge in [-0.25, -0.2) is 4.98 Å². The van der Waals surface area contributed by atoms with E-state index in [4.69, 9.17) is 8.94 Å². The molecule has 0 radical (unpaired) electrons. The van der Waals surface area contributed by atoms with E-state index in [0.29, 0.717) is 17.6 Å². The third-order valence-corrected chi connectivity index (χ3v) is 3.90. The van der Waals surface area contributed by atoms with Crippen molar-refractivity contribution in [3.05, 3.63) is 77.9 Å². The van der Waals surface area contributed by atoms with Gasteiger partial charge in [-0.2, -0.15) is 4.98 Å². The molecule has 0 spiro atoms. The topological polar surface area (TPSA) is 94.1 Å². The van der Waals surface area contributed by atoms with Crippen molar-refractivity contribution in [3.63, 3.8) is 0 Å². The Morgan fingerprint density at radius 3 is 2.63 bits per heavy atom. The number of rotatable bonds is 5. The number of hydrogen-bond donors (Lipinski definition) is 1. The fourth-order valence-corrected chi connectivity index (χ4v) is 2.56. The van der Waals surface area contributed by atoms with Crippen LogP contribution in [0.5, 0.6) is 0 Å². The molecule has 134 valence electrons. The van der Waals surface area contributed by atoms with Crippen LogP contribution in [0.25, 0.3) is 22.9 Å². The molecule has 0 saturated heterocycles. The number of aryl methyl sites for hydroxylation is 1. The van der Waals surface area contributed by atoms with Gasteiger partial charge >= 0.3 is 0 Å². The molecular formula is C20H16N4O3. The van der Waals surface area contributed by atoms with E-state index >= 15 is 0 Å². The lowest BCUT2D eigenvalue weighted by Crippen LogP contribution is -2.23. The maximum Gasteiger partial charge on any atom is 0.273 e. The highest BCUT2D eigenvalue weighted by Crippen LogP contribution is 2.19. The lowest BCUT2D eigenvalue weighted by molar-refractivity contribution is 0.0944. The Morgan fingerprint density at radius 1 is 1.00 bits per heavy atom. The predicted octanol–water partition coefficient (Wildman–Crippen LogP) is 3.63. The first-order valence-corrected chi connectivity index (χ1v) is 8.38. The molecule has 0 aliphatic heterocycles. The first kappa shape index (κ1) is 16.7. The van der Waals surface area contributed by atoms with Crippen LogP contribution in [0, 0.1) is 6.92 Å². The minimum Gasteiger partial charge on any atom is -0.444 e. The Kier molecular flexibility index (Phi) is 4.49. The summed E-state index contributed by atoms with van der Waals surface area (Å²) in [5.41, 5.74) is 2.93. The van der Waals surface area contributed by atoms with Crippen molar-refractivity contribution in [2.24, 2.45) is 0 Å². The predicted molar refractivity (Wildman–Crippen MR) is 97.6 cm³/mol. The molecule has 0 bridgehead atoms. The Balaban J connectivity index is 1.41. The summed E-state index contributed by atoms with van der Waals surface area (Å²) in [5, 5.41) is 6.61. The van der Waals surface area contributed by atoms with Gasteiger partial charge in [-0.15, -0.1) is 0 Å². The number of carbonyl (C=O) groups is 1. The number of amides is 1. The molecule has 4 aromatic rings. The average Bonchev–Trinajstić information content (AvgIpc) is 3.37. The second-order valence-electron chi connectivity index (χ2n) is 5.97. The van der Waals surface area contributed by atoms with Crippen molar-refractivity contribution in [1.82, 2.24) is 20.4 Å². The molecule has 2 heterocycles. The van der Waals surface area contributed by atoms with Crippen LogP contribution < -0.4 is 5.32 Å². The lowest BCUT2D eigenvalue weighted by atomic mass is 10.1. The molecule has 0 atom stereocenters. The quantitative estimate of drug-likeness (QED) is 0.584. The minimum atomic E-state index is -0.372. The fraction of sp³-hybridized carbons (Fsp3) is 0.100. The molecule has 0 aliphatic rings. The first-order chi connectivity index (χ1) is 13.2. The number of hydrogen-bond acceptors (Lipinski definition) is 6. The monoisotopic (exact) mass is 360 g/mol. The fourth-order valence-electron chi connectivity index (χ4n) is 2.56. The van der Waals surface area contributed by atoms with Crippen LogP contribution >= 0.6 is 0 Å². The van der Waals surface area contributed by atoms with Crippen LogP contribution in [-0.4, -0.2) is 21.0 Å². The van der Waals surface area contributed by atoms with Gasteiger partial charge in [0.2, 0.25) is 5.89 Å². The molecule has 4 rings (SSSR count). The lowest BCUT2D eigenvalue weighted by Gasteiger charge is -1.98. The Morgan fingerprint density at radius 2 is 1.81 bits per heavy atom. The Labute approximate surface area is 155 Å². The van der Waals surface area contributed by atoms with E-state index in [1.807, 2.05) is 61.5 Å². The smallest absolute Gasteiger partial charge is 0.273 e.